The predicted octanol–water partition coefficient (Wildman–Crippen LogP) is 5.89. The second-order valence-electron chi connectivity index (χ2n) is 6.06. The highest BCUT2D eigenvalue weighted by molar-refractivity contribution is 7.87. The maximum Gasteiger partial charge on any atom is 0.283 e. The van der Waals surface area contributed by atoms with E-state index in [4.69, 9.17) is 46.4 Å². The van der Waals surface area contributed by atoms with E-state index in [-0.39, 0.29) is 42.5 Å². The normalized spacial score (nSPS) is 13.8. The van der Waals surface area contributed by atoms with Crippen molar-refractivity contribution in [1.29, 1.82) is 0 Å². The number of benzene rings is 3. The topological polar surface area (TPSA) is 94.8 Å². The standard InChI is InChI=1S/C19H12Cl4O5S/c20-14-3-1-2-12(16(14)22)19(29(26,27)28,10-4-6-11(24)7-5-10)13-8-9-15(21)17(23)18(13)25/h1-9,24-25H,(H,26,27,28). The van der Waals surface area contributed by atoms with Crippen molar-refractivity contribution in [3.05, 3.63) is 91.4 Å². The Balaban J connectivity index is 2.61. The molecule has 3 N–H and O–H groups in total. The van der Waals surface area contributed by atoms with Gasteiger partial charge in [-0.1, -0.05) is 76.7 Å². The van der Waals surface area contributed by atoms with E-state index in [2.05, 4.69) is 0 Å². The lowest BCUT2D eigenvalue weighted by Gasteiger charge is -2.34. The summed E-state index contributed by atoms with van der Waals surface area (Å²) in [6.07, 6.45) is 0. The molecule has 0 fully saturated rings. The molecule has 3 aromatic carbocycles. The van der Waals surface area contributed by atoms with Gasteiger partial charge in [-0.2, -0.15) is 8.42 Å². The maximum atomic E-state index is 13.0. The smallest absolute Gasteiger partial charge is 0.283 e. The average Bonchev–Trinajstić information content (AvgIpc) is 2.65. The van der Waals surface area contributed by atoms with Gasteiger partial charge < -0.3 is 10.2 Å². The van der Waals surface area contributed by atoms with Gasteiger partial charge in [-0.25, -0.2) is 0 Å². The minimum Gasteiger partial charge on any atom is -0.508 e. The molecule has 0 heterocycles. The Labute approximate surface area is 186 Å². The second-order valence-corrected chi connectivity index (χ2v) is 9.19. The Bertz CT molecular complexity index is 1200. The van der Waals surface area contributed by atoms with Crippen molar-refractivity contribution in [3.63, 3.8) is 0 Å². The van der Waals surface area contributed by atoms with E-state index in [0.29, 0.717) is 0 Å². The third kappa shape index (κ3) is 3.54. The van der Waals surface area contributed by atoms with Crippen LogP contribution < -0.4 is 0 Å². The van der Waals surface area contributed by atoms with Crippen molar-refractivity contribution in [2.24, 2.45) is 0 Å². The Morgan fingerprint density at radius 1 is 0.724 bits per heavy atom. The Kier molecular flexibility index (Phi) is 5.98. The summed E-state index contributed by atoms with van der Waals surface area (Å²) in [6.45, 7) is 0. The molecule has 10 heteroatoms. The van der Waals surface area contributed by atoms with Crippen molar-refractivity contribution >= 4 is 56.5 Å². The fraction of sp³-hybridized carbons (Fsp3) is 0.0526. The molecule has 152 valence electrons. The van der Waals surface area contributed by atoms with E-state index in [9.17, 15) is 23.2 Å². The van der Waals surface area contributed by atoms with Crippen LogP contribution in [0.25, 0.3) is 0 Å². The van der Waals surface area contributed by atoms with Crippen LogP contribution in [0, 0.1) is 0 Å². The van der Waals surface area contributed by atoms with E-state index in [1.165, 1.54) is 54.6 Å². The van der Waals surface area contributed by atoms with Crippen molar-refractivity contribution in [1.82, 2.24) is 0 Å². The van der Waals surface area contributed by atoms with E-state index in [1.54, 1.807) is 0 Å². The highest BCUT2D eigenvalue weighted by Crippen LogP contribution is 2.52. The first-order valence-corrected chi connectivity index (χ1v) is 10.9. The Morgan fingerprint density at radius 2 is 1.31 bits per heavy atom. The number of halogens is 4. The van der Waals surface area contributed by atoms with Crippen LogP contribution in [0.1, 0.15) is 16.7 Å². The van der Waals surface area contributed by atoms with Crippen molar-refractivity contribution in [2.45, 2.75) is 4.75 Å². The molecule has 0 radical (unpaired) electrons. The lowest BCUT2D eigenvalue weighted by atomic mass is 9.83. The van der Waals surface area contributed by atoms with Gasteiger partial charge in [0.25, 0.3) is 10.1 Å². The molecule has 3 rings (SSSR count). The first-order valence-electron chi connectivity index (χ1n) is 7.90. The van der Waals surface area contributed by atoms with Crippen molar-refractivity contribution in [2.75, 3.05) is 0 Å². The van der Waals surface area contributed by atoms with Gasteiger partial charge in [0.05, 0.1) is 15.1 Å². The van der Waals surface area contributed by atoms with Gasteiger partial charge in [0, 0.05) is 11.1 Å². The predicted molar refractivity (Wildman–Crippen MR) is 114 cm³/mol. The highest BCUT2D eigenvalue weighted by Gasteiger charge is 2.51. The van der Waals surface area contributed by atoms with Crippen LogP contribution in [0.5, 0.6) is 11.5 Å². The molecule has 0 saturated heterocycles. The van der Waals surface area contributed by atoms with Crippen LogP contribution in [0.15, 0.2) is 54.6 Å². The fourth-order valence-electron chi connectivity index (χ4n) is 3.18. The Morgan fingerprint density at radius 3 is 1.90 bits per heavy atom. The SMILES string of the molecule is O=S(=O)(O)C(c1ccc(O)cc1)(c1ccc(Cl)c(Cl)c1O)c1cccc(Cl)c1Cl. The summed E-state index contributed by atoms with van der Waals surface area (Å²) in [5.74, 6) is -0.811. The first-order chi connectivity index (χ1) is 13.5. The van der Waals surface area contributed by atoms with Crippen molar-refractivity contribution < 1.29 is 23.2 Å². The summed E-state index contributed by atoms with van der Waals surface area (Å²) in [5.41, 5.74) is -0.464. The monoisotopic (exact) mass is 492 g/mol. The van der Waals surface area contributed by atoms with Gasteiger partial charge in [-0.3, -0.25) is 4.55 Å². The second kappa shape index (κ2) is 7.87. The molecule has 0 spiro atoms. The molecule has 0 bridgehead atoms. The number of phenolic OH excluding ortho intramolecular Hbond substituents is 2. The van der Waals surface area contributed by atoms with Crippen LogP contribution in [-0.2, 0) is 14.9 Å². The summed E-state index contributed by atoms with van der Waals surface area (Å²) >= 11 is 24.4. The highest BCUT2D eigenvalue weighted by atomic mass is 35.5. The van der Waals surface area contributed by atoms with Crippen LogP contribution in [0.4, 0.5) is 0 Å². The number of aromatic hydroxyl groups is 2. The molecule has 0 aliphatic heterocycles. The summed E-state index contributed by atoms with van der Waals surface area (Å²) in [5, 5.41) is 19.9. The maximum absolute atomic E-state index is 13.0. The van der Waals surface area contributed by atoms with Crippen LogP contribution in [-0.4, -0.2) is 23.2 Å². The molecular formula is C19H12Cl4O5S. The third-order valence-electron chi connectivity index (χ3n) is 4.44. The van der Waals surface area contributed by atoms with Crippen LogP contribution in [0.3, 0.4) is 0 Å². The minimum absolute atomic E-state index is 0.0236. The number of hydrogen-bond acceptors (Lipinski definition) is 4. The molecular weight excluding hydrogens is 482 g/mol. The van der Waals surface area contributed by atoms with Crippen LogP contribution in [0.2, 0.25) is 20.1 Å². The molecule has 0 amide bonds. The van der Waals surface area contributed by atoms with Crippen molar-refractivity contribution in [3.8, 4) is 11.5 Å². The summed E-state index contributed by atoms with van der Waals surface area (Å²) in [7, 11) is -5.08. The largest absolute Gasteiger partial charge is 0.508 e. The molecule has 1 unspecified atom stereocenters. The summed E-state index contributed by atoms with van der Waals surface area (Å²) in [6, 6.07) is 11.7. The minimum atomic E-state index is -5.08. The van der Waals surface area contributed by atoms with E-state index >= 15 is 0 Å². The van der Waals surface area contributed by atoms with Gasteiger partial charge in [0.2, 0.25) is 0 Å². The summed E-state index contributed by atoms with van der Waals surface area (Å²) < 4.78 is 34.0. The molecule has 0 aliphatic rings. The zero-order valence-electron chi connectivity index (χ0n) is 14.3. The molecule has 3 aromatic rings. The number of rotatable bonds is 4. The fourth-order valence-corrected chi connectivity index (χ4v) is 5.32. The van der Waals surface area contributed by atoms with E-state index < -0.39 is 20.6 Å². The zero-order valence-corrected chi connectivity index (χ0v) is 18.1. The molecule has 1 atom stereocenters. The molecule has 0 aromatic heterocycles. The van der Waals surface area contributed by atoms with E-state index in [1.807, 2.05) is 0 Å². The first kappa shape index (κ1) is 22.0. The zero-order chi connectivity index (χ0) is 21.6. The quantitative estimate of drug-likeness (QED) is 0.311. The lowest BCUT2D eigenvalue weighted by Crippen LogP contribution is -2.38. The molecule has 0 saturated carbocycles. The third-order valence-corrected chi connectivity index (χ3v) is 7.50. The van der Waals surface area contributed by atoms with E-state index in [0.717, 1.165) is 0 Å². The van der Waals surface area contributed by atoms with Gasteiger partial charge >= 0.3 is 0 Å². The number of phenols is 2. The number of hydrogen-bond donors (Lipinski definition) is 3. The van der Waals surface area contributed by atoms with Gasteiger partial charge in [-0.05, 0) is 29.8 Å². The average molecular weight is 494 g/mol. The Hall–Kier alpha value is -1.67. The van der Waals surface area contributed by atoms with Gasteiger partial charge in [0.1, 0.15) is 16.5 Å². The van der Waals surface area contributed by atoms with Gasteiger partial charge in [0.15, 0.2) is 4.75 Å². The molecule has 5 nitrogen and oxygen atoms in total. The van der Waals surface area contributed by atoms with Crippen LogP contribution >= 0.6 is 46.4 Å². The molecule has 0 aliphatic carbocycles. The lowest BCUT2D eigenvalue weighted by molar-refractivity contribution is 0.440. The molecule has 29 heavy (non-hydrogen) atoms. The van der Waals surface area contributed by atoms with Gasteiger partial charge in [-0.15, -0.1) is 0 Å². The summed E-state index contributed by atoms with van der Waals surface area (Å²) in [4.78, 5) is 0.